The number of aryl methyl sites for hydroxylation is 1. The molecule has 0 amide bonds. The van der Waals surface area contributed by atoms with Crippen molar-refractivity contribution in [1.82, 2.24) is 19.7 Å². The number of rotatable bonds is 5. The predicted octanol–water partition coefficient (Wildman–Crippen LogP) is 4.74. The van der Waals surface area contributed by atoms with E-state index in [0.717, 1.165) is 22.5 Å². The number of aromatic nitrogens is 4. The molecule has 1 fully saturated rings. The first-order valence-corrected chi connectivity index (χ1v) is 10.4. The SMILES string of the molecule is Cc1cc(-c2ccc(Nc3nc(N4CCOC(C(F)(F)F)C4)n(C(C)C)n3)cc2)ccn1. The summed E-state index contributed by atoms with van der Waals surface area (Å²) in [6.07, 6.45) is -4.48. The summed E-state index contributed by atoms with van der Waals surface area (Å²) in [6, 6.07) is 11.7. The number of ether oxygens (including phenoxy) is 1. The van der Waals surface area contributed by atoms with E-state index in [4.69, 9.17) is 4.74 Å². The number of hydrogen-bond acceptors (Lipinski definition) is 6. The van der Waals surface area contributed by atoms with Crippen LogP contribution >= 0.6 is 0 Å². The molecule has 1 aliphatic heterocycles. The largest absolute Gasteiger partial charge is 0.416 e. The molecule has 0 bridgehead atoms. The van der Waals surface area contributed by atoms with E-state index in [1.807, 2.05) is 57.2 Å². The van der Waals surface area contributed by atoms with E-state index in [-0.39, 0.29) is 19.2 Å². The van der Waals surface area contributed by atoms with Crippen molar-refractivity contribution in [3.8, 4) is 11.1 Å². The van der Waals surface area contributed by atoms with Crippen LogP contribution in [-0.4, -0.2) is 51.7 Å². The van der Waals surface area contributed by atoms with Crippen molar-refractivity contribution >= 4 is 17.6 Å². The maximum atomic E-state index is 13.1. The molecule has 3 aromatic rings. The molecule has 1 atom stereocenters. The van der Waals surface area contributed by atoms with Crippen LogP contribution in [0.3, 0.4) is 0 Å². The molecule has 3 heterocycles. The molecule has 4 rings (SSSR count). The Labute approximate surface area is 184 Å². The van der Waals surface area contributed by atoms with Gasteiger partial charge in [-0.25, -0.2) is 4.68 Å². The van der Waals surface area contributed by atoms with Crippen LogP contribution in [0, 0.1) is 6.92 Å². The second-order valence-corrected chi connectivity index (χ2v) is 8.01. The van der Waals surface area contributed by atoms with Gasteiger partial charge in [-0.2, -0.15) is 18.2 Å². The van der Waals surface area contributed by atoms with E-state index in [9.17, 15) is 13.2 Å². The molecule has 1 N–H and O–H groups in total. The normalized spacial score (nSPS) is 17.1. The Bertz CT molecular complexity index is 1060. The first kappa shape index (κ1) is 22.1. The van der Waals surface area contributed by atoms with Gasteiger partial charge in [0.2, 0.25) is 11.9 Å². The molecule has 32 heavy (non-hydrogen) atoms. The number of alkyl halides is 3. The third kappa shape index (κ3) is 4.85. The van der Waals surface area contributed by atoms with Crippen LogP contribution in [0.4, 0.5) is 30.8 Å². The van der Waals surface area contributed by atoms with Crippen LogP contribution in [0.2, 0.25) is 0 Å². The summed E-state index contributed by atoms with van der Waals surface area (Å²) in [5.74, 6) is 0.722. The minimum Gasteiger partial charge on any atom is -0.365 e. The van der Waals surface area contributed by atoms with Gasteiger partial charge in [-0.05, 0) is 56.2 Å². The Balaban J connectivity index is 1.53. The van der Waals surface area contributed by atoms with E-state index < -0.39 is 12.3 Å². The average molecular weight is 446 g/mol. The van der Waals surface area contributed by atoms with E-state index in [2.05, 4.69) is 20.4 Å². The Hall–Kier alpha value is -3.14. The average Bonchev–Trinajstić information content (AvgIpc) is 3.18. The van der Waals surface area contributed by atoms with Gasteiger partial charge < -0.3 is 15.0 Å². The Morgan fingerprint density at radius 1 is 1.12 bits per heavy atom. The second-order valence-electron chi connectivity index (χ2n) is 8.01. The molecule has 0 saturated carbocycles. The third-order valence-electron chi connectivity index (χ3n) is 5.19. The van der Waals surface area contributed by atoms with E-state index in [0.29, 0.717) is 18.4 Å². The minimum absolute atomic E-state index is 0.0200. The molecule has 1 aromatic carbocycles. The summed E-state index contributed by atoms with van der Waals surface area (Å²) in [7, 11) is 0. The number of benzene rings is 1. The van der Waals surface area contributed by atoms with Gasteiger partial charge in [0.1, 0.15) is 0 Å². The van der Waals surface area contributed by atoms with Crippen LogP contribution in [0.1, 0.15) is 25.6 Å². The summed E-state index contributed by atoms with van der Waals surface area (Å²) in [6.45, 7) is 5.75. The zero-order valence-corrected chi connectivity index (χ0v) is 18.1. The van der Waals surface area contributed by atoms with Gasteiger partial charge in [-0.3, -0.25) is 4.98 Å². The highest BCUT2D eigenvalue weighted by molar-refractivity contribution is 5.67. The van der Waals surface area contributed by atoms with Gasteiger partial charge in [0, 0.05) is 24.1 Å². The van der Waals surface area contributed by atoms with E-state index >= 15 is 0 Å². The number of pyridine rings is 1. The molecule has 1 unspecified atom stereocenters. The molecule has 2 aromatic heterocycles. The van der Waals surface area contributed by atoms with Crippen molar-refractivity contribution in [3.63, 3.8) is 0 Å². The molecule has 1 saturated heterocycles. The van der Waals surface area contributed by atoms with Crippen LogP contribution in [0.25, 0.3) is 11.1 Å². The fourth-order valence-corrected chi connectivity index (χ4v) is 3.56. The molecule has 10 heteroatoms. The molecular weight excluding hydrogens is 421 g/mol. The van der Waals surface area contributed by atoms with Crippen molar-refractivity contribution in [1.29, 1.82) is 0 Å². The van der Waals surface area contributed by atoms with Crippen molar-refractivity contribution in [3.05, 3.63) is 48.3 Å². The number of nitrogens with zero attached hydrogens (tertiary/aromatic N) is 5. The highest BCUT2D eigenvalue weighted by Gasteiger charge is 2.44. The summed E-state index contributed by atoms with van der Waals surface area (Å²) in [4.78, 5) is 10.3. The summed E-state index contributed by atoms with van der Waals surface area (Å²) < 4.78 is 46.0. The standard InChI is InChI=1S/C22H25F3N6O/c1-14(2)31-21(30-10-11-32-19(13-30)22(23,24)25)28-20(29-31)27-18-6-4-16(5-7-18)17-8-9-26-15(3)12-17/h4-9,12,14,19H,10-11,13H2,1-3H3,(H,27,29). The van der Waals surface area contributed by atoms with E-state index in [1.165, 1.54) is 0 Å². The monoisotopic (exact) mass is 446 g/mol. The second kappa shape index (κ2) is 8.78. The lowest BCUT2D eigenvalue weighted by Crippen LogP contribution is -2.50. The quantitative estimate of drug-likeness (QED) is 0.611. The van der Waals surface area contributed by atoms with Gasteiger partial charge in [0.15, 0.2) is 6.10 Å². The molecule has 1 aliphatic rings. The number of halogens is 3. The molecule has 0 radical (unpaired) electrons. The zero-order valence-electron chi connectivity index (χ0n) is 18.1. The highest BCUT2D eigenvalue weighted by Crippen LogP contribution is 2.29. The van der Waals surface area contributed by atoms with Gasteiger partial charge in [-0.1, -0.05) is 12.1 Å². The maximum absolute atomic E-state index is 13.1. The smallest absolute Gasteiger partial charge is 0.365 e. The van der Waals surface area contributed by atoms with Crippen molar-refractivity contribution in [2.24, 2.45) is 0 Å². The van der Waals surface area contributed by atoms with Crippen molar-refractivity contribution in [2.75, 3.05) is 29.9 Å². The maximum Gasteiger partial charge on any atom is 0.416 e. The topological polar surface area (TPSA) is 68.1 Å². The Morgan fingerprint density at radius 3 is 2.53 bits per heavy atom. The lowest BCUT2D eigenvalue weighted by molar-refractivity contribution is -0.221. The molecular formula is C22H25F3N6O. The van der Waals surface area contributed by atoms with Crippen LogP contribution in [0.15, 0.2) is 42.6 Å². The van der Waals surface area contributed by atoms with Gasteiger partial charge in [-0.15, -0.1) is 5.10 Å². The van der Waals surface area contributed by atoms with Gasteiger partial charge in [0.25, 0.3) is 0 Å². The number of anilines is 3. The summed E-state index contributed by atoms with van der Waals surface area (Å²) >= 11 is 0. The Morgan fingerprint density at radius 2 is 1.88 bits per heavy atom. The predicted molar refractivity (Wildman–Crippen MR) is 116 cm³/mol. The Kier molecular flexibility index (Phi) is 6.05. The van der Waals surface area contributed by atoms with Crippen molar-refractivity contribution in [2.45, 2.75) is 39.1 Å². The molecule has 0 aliphatic carbocycles. The number of morpholine rings is 1. The van der Waals surface area contributed by atoms with E-state index in [1.54, 1.807) is 15.8 Å². The lowest BCUT2D eigenvalue weighted by atomic mass is 10.1. The number of nitrogens with one attached hydrogen (secondary N) is 1. The summed E-state index contributed by atoms with van der Waals surface area (Å²) in [5, 5.41) is 7.64. The number of hydrogen-bond donors (Lipinski definition) is 1. The molecule has 7 nitrogen and oxygen atoms in total. The fourth-order valence-electron chi connectivity index (χ4n) is 3.56. The first-order valence-electron chi connectivity index (χ1n) is 10.4. The van der Waals surface area contributed by atoms with Gasteiger partial charge in [0.05, 0.1) is 19.2 Å². The lowest BCUT2D eigenvalue weighted by Gasteiger charge is -2.34. The van der Waals surface area contributed by atoms with Crippen LogP contribution < -0.4 is 10.2 Å². The third-order valence-corrected chi connectivity index (χ3v) is 5.19. The highest BCUT2D eigenvalue weighted by atomic mass is 19.4. The molecule has 0 spiro atoms. The zero-order chi connectivity index (χ0) is 22.9. The van der Waals surface area contributed by atoms with Crippen LogP contribution in [-0.2, 0) is 4.74 Å². The fraction of sp³-hybridized carbons (Fsp3) is 0.409. The van der Waals surface area contributed by atoms with Crippen molar-refractivity contribution < 1.29 is 17.9 Å². The minimum atomic E-state index is -4.42. The summed E-state index contributed by atoms with van der Waals surface area (Å²) in [5.41, 5.74) is 3.84. The van der Waals surface area contributed by atoms with Gasteiger partial charge >= 0.3 is 6.18 Å². The molecule has 170 valence electrons. The van der Waals surface area contributed by atoms with Crippen LogP contribution in [0.5, 0.6) is 0 Å². The first-order chi connectivity index (χ1) is 15.2.